The van der Waals surface area contributed by atoms with Crippen molar-refractivity contribution in [1.82, 2.24) is 14.5 Å². The van der Waals surface area contributed by atoms with Crippen LogP contribution in [0.3, 0.4) is 0 Å². The smallest absolute Gasteiger partial charge is 0.348 e. The monoisotopic (exact) mass is 389 g/mol. The van der Waals surface area contributed by atoms with Crippen LogP contribution in [-0.4, -0.2) is 49.3 Å². The van der Waals surface area contributed by atoms with Crippen molar-refractivity contribution in [1.29, 1.82) is 0 Å². The Morgan fingerprint density at radius 3 is 2.48 bits per heavy atom. The summed E-state index contributed by atoms with van der Waals surface area (Å²) < 4.78 is 12.5. The number of nitrogens with zero attached hydrogens (tertiary/aromatic N) is 3. The molecule has 3 rings (SSSR count). The molecule has 0 saturated carbocycles. The quantitative estimate of drug-likeness (QED) is 0.511. The number of ether oxygens (including phenoxy) is 2. The van der Waals surface area contributed by atoms with Gasteiger partial charge in [0.25, 0.3) is 0 Å². The number of fused-ring (bicyclic) bond motifs is 1. The molecular weight excluding hydrogens is 362 g/mol. The molecule has 0 spiro atoms. The van der Waals surface area contributed by atoms with Crippen LogP contribution in [0.1, 0.15) is 23.2 Å². The van der Waals surface area contributed by atoms with Crippen molar-refractivity contribution in [3.05, 3.63) is 45.5 Å². The van der Waals surface area contributed by atoms with E-state index in [1.54, 1.807) is 26.0 Å². The lowest BCUT2D eigenvalue weighted by atomic mass is 10.2. The van der Waals surface area contributed by atoms with Gasteiger partial charge in [0.2, 0.25) is 0 Å². The molecule has 6 nitrogen and oxygen atoms in total. The predicted octanol–water partition coefficient (Wildman–Crippen LogP) is 2.60. The third kappa shape index (κ3) is 4.65. The fraction of sp³-hybridized carbons (Fsp3) is 0.500. The van der Waals surface area contributed by atoms with Crippen LogP contribution < -0.4 is 15.2 Å². The van der Waals surface area contributed by atoms with E-state index in [9.17, 15) is 4.79 Å². The van der Waals surface area contributed by atoms with E-state index >= 15 is 0 Å². The molecule has 27 heavy (non-hydrogen) atoms. The highest BCUT2D eigenvalue weighted by Gasteiger charge is 2.22. The molecule has 1 aliphatic carbocycles. The summed E-state index contributed by atoms with van der Waals surface area (Å²) in [5.41, 5.74) is 3.36. The summed E-state index contributed by atoms with van der Waals surface area (Å²) in [7, 11) is 7.33. The van der Waals surface area contributed by atoms with Crippen molar-refractivity contribution in [3.63, 3.8) is 0 Å². The van der Waals surface area contributed by atoms with E-state index in [2.05, 4.69) is 9.88 Å². The van der Waals surface area contributed by atoms with Gasteiger partial charge in [-0.2, -0.15) is 4.98 Å². The predicted molar refractivity (Wildman–Crippen MR) is 108 cm³/mol. The first kappa shape index (κ1) is 19.8. The summed E-state index contributed by atoms with van der Waals surface area (Å²) in [6, 6.07) is 5.85. The van der Waals surface area contributed by atoms with Gasteiger partial charge in [0, 0.05) is 36.2 Å². The minimum Gasteiger partial charge on any atom is -0.497 e. The maximum absolute atomic E-state index is 12.6. The highest BCUT2D eigenvalue weighted by Crippen LogP contribution is 2.32. The minimum atomic E-state index is -0.136. The molecular formula is C20H27N3O3S. The molecule has 7 heteroatoms. The Hall–Kier alpha value is -1.99. The molecule has 0 N–H and O–H groups in total. The van der Waals surface area contributed by atoms with Gasteiger partial charge in [-0.15, -0.1) is 11.8 Å². The summed E-state index contributed by atoms with van der Waals surface area (Å²) >= 11 is 1.62. The van der Waals surface area contributed by atoms with Crippen LogP contribution in [0.25, 0.3) is 0 Å². The molecule has 146 valence electrons. The second-order valence-electron chi connectivity index (χ2n) is 6.94. The number of methoxy groups -OCH3 is 2. The van der Waals surface area contributed by atoms with Crippen LogP contribution in [0, 0.1) is 0 Å². The Kier molecular flexibility index (Phi) is 6.44. The maximum atomic E-state index is 12.6. The normalized spacial score (nSPS) is 13.1. The third-order valence-electron chi connectivity index (χ3n) is 4.76. The SMILES string of the molecule is COc1cc(CSc2nc(=O)n(CCN(C)C)c3c2CCC3)cc(OC)c1. The molecule has 2 aromatic rings. The van der Waals surface area contributed by atoms with E-state index in [0.717, 1.165) is 47.9 Å². The zero-order valence-electron chi connectivity index (χ0n) is 16.4. The fourth-order valence-corrected chi connectivity index (χ4v) is 4.34. The van der Waals surface area contributed by atoms with Crippen LogP contribution in [-0.2, 0) is 25.1 Å². The van der Waals surface area contributed by atoms with Crippen molar-refractivity contribution in [3.8, 4) is 11.5 Å². The molecule has 0 bridgehead atoms. The first-order valence-corrected chi connectivity index (χ1v) is 10.1. The van der Waals surface area contributed by atoms with Gasteiger partial charge in [-0.1, -0.05) is 0 Å². The number of hydrogen-bond donors (Lipinski definition) is 0. The van der Waals surface area contributed by atoms with E-state index in [-0.39, 0.29) is 5.69 Å². The standard InChI is InChI=1S/C20H27N3O3S/c1-22(2)8-9-23-18-7-5-6-17(18)19(21-20(23)24)27-13-14-10-15(25-3)12-16(11-14)26-4/h10-12H,5-9,13H2,1-4H3. The zero-order chi connectivity index (χ0) is 19.4. The average molecular weight is 390 g/mol. The lowest BCUT2D eigenvalue weighted by Gasteiger charge is -2.16. The van der Waals surface area contributed by atoms with Gasteiger partial charge in [0.1, 0.15) is 16.5 Å². The number of hydrogen-bond acceptors (Lipinski definition) is 6. The Morgan fingerprint density at radius 2 is 1.85 bits per heavy atom. The molecule has 0 saturated heterocycles. The number of aromatic nitrogens is 2. The van der Waals surface area contributed by atoms with Crippen LogP contribution >= 0.6 is 11.8 Å². The number of thioether (sulfide) groups is 1. The van der Waals surface area contributed by atoms with Gasteiger partial charge < -0.3 is 14.4 Å². The molecule has 0 amide bonds. The summed E-state index contributed by atoms with van der Waals surface area (Å²) in [4.78, 5) is 19.1. The molecule has 0 atom stereocenters. The number of likely N-dealkylation sites (N-methyl/N-ethyl adjacent to an activating group) is 1. The Morgan fingerprint density at radius 1 is 1.15 bits per heavy atom. The second kappa shape index (κ2) is 8.80. The molecule has 0 unspecified atom stereocenters. The van der Waals surface area contributed by atoms with E-state index in [1.165, 1.54) is 11.3 Å². The topological polar surface area (TPSA) is 56.6 Å². The van der Waals surface area contributed by atoms with Gasteiger partial charge in [-0.05, 0) is 51.1 Å². The molecule has 0 fully saturated rings. The minimum absolute atomic E-state index is 0.136. The molecule has 0 aliphatic heterocycles. The Bertz CT molecular complexity index is 842. The largest absolute Gasteiger partial charge is 0.497 e. The van der Waals surface area contributed by atoms with Gasteiger partial charge in [0.15, 0.2) is 0 Å². The maximum Gasteiger partial charge on any atom is 0.348 e. The van der Waals surface area contributed by atoms with Crippen molar-refractivity contribution in [2.24, 2.45) is 0 Å². The van der Waals surface area contributed by atoms with E-state index in [1.807, 2.05) is 36.9 Å². The molecule has 1 aliphatic rings. The molecule has 1 aromatic carbocycles. The van der Waals surface area contributed by atoms with Crippen molar-refractivity contribution >= 4 is 11.8 Å². The molecule has 1 heterocycles. The van der Waals surface area contributed by atoms with Crippen molar-refractivity contribution < 1.29 is 9.47 Å². The summed E-state index contributed by atoms with van der Waals surface area (Å²) in [6.07, 6.45) is 3.04. The summed E-state index contributed by atoms with van der Waals surface area (Å²) in [5.74, 6) is 2.25. The van der Waals surface area contributed by atoms with E-state index in [0.29, 0.717) is 12.3 Å². The number of benzene rings is 1. The summed E-state index contributed by atoms with van der Waals surface area (Å²) in [5, 5.41) is 0.871. The highest BCUT2D eigenvalue weighted by molar-refractivity contribution is 7.98. The second-order valence-corrected chi connectivity index (χ2v) is 7.91. The zero-order valence-corrected chi connectivity index (χ0v) is 17.3. The van der Waals surface area contributed by atoms with Crippen LogP contribution in [0.2, 0.25) is 0 Å². The van der Waals surface area contributed by atoms with Crippen molar-refractivity contribution in [2.75, 3.05) is 34.9 Å². The summed E-state index contributed by atoms with van der Waals surface area (Å²) in [6.45, 7) is 1.53. The van der Waals surface area contributed by atoms with Crippen molar-refractivity contribution in [2.45, 2.75) is 36.6 Å². The Balaban J connectivity index is 1.83. The lowest BCUT2D eigenvalue weighted by molar-refractivity contribution is 0.375. The molecule has 1 aromatic heterocycles. The lowest BCUT2D eigenvalue weighted by Crippen LogP contribution is -2.31. The van der Waals surface area contributed by atoms with Crippen LogP contribution in [0.15, 0.2) is 28.0 Å². The van der Waals surface area contributed by atoms with Gasteiger partial charge in [-0.3, -0.25) is 4.57 Å². The van der Waals surface area contributed by atoms with Gasteiger partial charge in [-0.25, -0.2) is 4.79 Å². The van der Waals surface area contributed by atoms with Crippen LogP contribution in [0.5, 0.6) is 11.5 Å². The first-order chi connectivity index (χ1) is 13.0. The van der Waals surface area contributed by atoms with Gasteiger partial charge in [0.05, 0.1) is 14.2 Å². The average Bonchev–Trinajstić information content (AvgIpc) is 3.14. The first-order valence-electron chi connectivity index (χ1n) is 9.14. The van der Waals surface area contributed by atoms with E-state index in [4.69, 9.17) is 9.47 Å². The van der Waals surface area contributed by atoms with Crippen LogP contribution in [0.4, 0.5) is 0 Å². The number of rotatable bonds is 8. The highest BCUT2D eigenvalue weighted by atomic mass is 32.2. The molecule has 0 radical (unpaired) electrons. The van der Waals surface area contributed by atoms with E-state index < -0.39 is 0 Å². The Labute approximate surface area is 164 Å². The third-order valence-corrected chi connectivity index (χ3v) is 5.85. The van der Waals surface area contributed by atoms with Gasteiger partial charge >= 0.3 is 5.69 Å². The fourth-order valence-electron chi connectivity index (χ4n) is 3.34.